The summed E-state index contributed by atoms with van der Waals surface area (Å²) in [6, 6.07) is 20.4. The molecule has 6 heteroatoms. The minimum absolute atomic E-state index is 0.0743. The van der Waals surface area contributed by atoms with E-state index in [1.165, 1.54) is 5.56 Å². The van der Waals surface area contributed by atoms with E-state index in [-0.39, 0.29) is 6.04 Å². The van der Waals surface area contributed by atoms with Crippen molar-refractivity contribution in [2.75, 3.05) is 0 Å². The molecule has 0 fully saturated rings. The Morgan fingerprint density at radius 1 is 1.00 bits per heavy atom. The highest BCUT2D eigenvalue weighted by Gasteiger charge is 2.31. The first kappa shape index (κ1) is 19.8. The first-order valence-corrected chi connectivity index (χ1v) is 10.1. The summed E-state index contributed by atoms with van der Waals surface area (Å²) in [5.74, 6) is -0.426. The topological polar surface area (TPSA) is 88.8 Å². The number of amides is 3. The van der Waals surface area contributed by atoms with Gasteiger partial charge in [-0.25, -0.2) is 4.79 Å². The van der Waals surface area contributed by atoms with Crippen molar-refractivity contribution in [1.29, 1.82) is 0 Å². The van der Waals surface area contributed by atoms with Crippen LogP contribution in [0.4, 0.5) is 4.79 Å². The zero-order valence-electron chi connectivity index (χ0n) is 15.7. The van der Waals surface area contributed by atoms with Gasteiger partial charge in [-0.1, -0.05) is 67.6 Å². The van der Waals surface area contributed by atoms with Gasteiger partial charge in [0.25, 0.3) is 5.91 Å². The fourth-order valence-electron chi connectivity index (χ4n) is 3.20. The minimum atomic E-state index is -0.848. The summed E-state index contributed by atoms with van der Waals surface area (Å²) in [4.78, 5) is 25.2. The number of nitrogens with one attached hydrogen (secondary N) is 1. The summed E-state index contributed by atoms with van der Waals surface area (Å²) in [6.07, 6.45) is 0.974. The number of thiophene rings is 1. The smallest absolute Gasteiger partial charge is 0.319 e. The van der Waals surface area contributed by atoms with Crippen molar-refractivity contribution < 1.29 is 14.9 Å². The maximum atomic E-state index is 12.8. The third-order valence-electron chi connectivity index (χ3n) is 4.67. The van der Waals surface area contributed by atoms with Crippen molar-refractivity contribution >= 4 is 23.3 Å². The van der Waals surface area contributed by atoms with Gasteiger partial charge in [0.05, 0.1) is 4.88 Å². The molecule has 5 nitrogen and oxygen atoms in total. The Kier molecular flexibility index (Phi) is 6.57. The number of primary amides is 1. The SMILES string of the molecule is CCc1ccc([C@H]([NH2+][C@@H](C(=O)NC(N)=O)c2ccccc2)c2cccs2)cc1. The van der Waals surface area contributed by atoms with Gasteiger partial charge in [0.15, 0.2) is 6.04 Å². The van der Waals surface area contributed by atoms with Gasteiger partial charge in [0.2, 0.25) is 0 Å². The predicted octanol–water partition coefficient (Wildman–Crippen LogP) is 2.90. The molecule has 0 saturated carbocycles. The highest BCUT2D eigenvalue weighted by Crippen LogP contribution is 2.25. The molecule has 2 atom stereocenters. The van der Waals surface area contributed by atoms with Gasteiger partial charge in [-0.2, -0.15) is 0 Å². The van der Waals surface area contributed by atoms with Gasteiger partial charge in [-0.15, -0.1) is 11.3 Å². The first-order chi connectivity index (χ1) is 13.6. The van der Waals surface area contributed by atoms with Crippen molar-refractivity contribution in [3.05, 3.63) is 93.7 Å². The number of urea groups is 1. The van der Waals surface area contributed by atoms with Crippen LogP contribution >= 0.6 is 11.3 Å². The van der Waals surface area contributed by atoms with E-state index in [1.807, 2.05) is 47.1 Å². The molecule has 5 N–H and O–H groups in total. The van der Waals surface area contributed by atoms with Crippen LogP contribution in [0.25, 0.3) is 0 Å². The highest BCUT2D eigenvalue weighted by molar-refractivity contribution is 7.10. The number of rotatable bonds is 7. The van der Waals surface area contributed by atoms with Crippen LogP contribution in [0, 0.1) is 0 Å². The predicted molar refractivity (Wildman–Crippen MR) is 111 cm³/mol. The minimum Gasteiger partial charge on any atom is -0.351 e. The molecular formula is C22H24N3O2S+. The molecule has 1 aromatic heterocycles. The zero-order chi connectivity index (χ0) is 19.9. The highest BCUT2D eigenvalue weighted by atomic mass is 32.1. The van der Waals surface area contributed by atoms with E-state index >= 15 is 0 Å². The molecule has 0 bridgehead atoms. The lowest BCUT2D eigenvalue weighted by Gasteiger charge is -2.22. The van der Waals surface area contributed by atoms with E-state index in [9.17, 15) is 9.59 Å². The molecule has 0 aliphatic rings. The van der Waals surface area contributed by atoms with Crippen LogP contribution in [-0.4, -0.2) is 11.9 Å². The molecule has 1 heterocycles. The van der Waals surface area contributed by atoms with Crippen molar-refractivity contribution in [2.45, 2.75) is 25.4 Å². The van der Waals surface area contributed by atoms with Gasteiger partial charge < -0.3 is 11.1 Å². The fourth-order valence-corrected chi connectivity index (χ4v) is 4.03. The second-order valence-corrected chi connectivity index (χ2v) is 7.50. The van der Waals surface area contributed by atoms with Gasteiger partial charge in [-0.05, 0) is 23.4 Å². The van der Waals surface area contributed by atoms with Crippen LogP contribution in [0.1, 0.15) is 40.6 Å². The molecule has 0 aliphatic carbocycles. The number of aryl methyl sites for hydroxylation is 1. The van der Waals surface area contributed by atoms with E-state index in [2.05, 4.69) is 42.6 Å². The Hall–Kier alpha value is -2.96. The number of hydrogen-bond donors (Lipinski definition) is 3. The van der Waals surface area contributed by atoms with Crippen LogP contribution in [-0.2, 0) is 11.2 Å². The molecule has 0 radical (unpaired) electrons. The summed E-state index contributed by atoms with van der Waals surface area (Å²) < 4.78 is 0. The molecule has 0 aliphatic heterocycles. The Labute approximate surface area is 168 Å². The average molecular weight is 395 g/mol. The molecule has 0 spiro atoms. The van der Waals surface area contributed by atoms with Crippen LogP contribution in [0.3, 0.4) is 0 Å². The standard InChI is InChI=1S/C22H23N3O2S/c1-2-15-10-12-17(13-11-15)19(18-9-6-14-28-18)24-20(21(26)25-22(23)27)16-7-4-3-5-8-16/h3-14,19-20,24H,2H2,1H3,(H3,23,25,26,27)/p+1/t19-,20+/m0/s1. The van der Waals surface area contributed by atoms with Crippen LogP contribution in [0.15, 0.2) is 72.1 Å². The van der Waals surface area contributed by atoms with Crippen molar-refractivity contribution in [2.24, 2.45) is 5.73 Å². The quantitative estimate of drug-likeness (QED) is 0.575. The summed E-state index contributed by atoms with van der Waals surface area (Å²) in [5.41, 5.74) is 8.38. The Morgan fingerprint density at radius 2 is 1.71 bits per heavy atom. The lowest BCUT2D eigenvalue weighted by molar-refractivity contribution is -0.713. The van der Waals surface area contributed by atoms with Gasteiger partial charge in [-0.3, -0.25) is 10.1 Å². The third kappa shape index (κ3) is 4.85. The molecule has 2 aromatic carbocycles. The Bertz CT molecular complexity index is 909. The van der Waals surface area contributed by atoms with E-state index in [1.54, 1.807) is 11.3 Å². The van der Waals surface area contributed by atoms with Crippen molar-refractivity contribution in [3.63, 3.8) is 0 Å². The second kappa shape index (κ2) is 9.30. The number of imide groups is 1. The second-order valence-electron chi connectivity index (χ2n) is 6.52. The van der Waals surface area contributed by atoms with Crippen LogP contribution in [0.5, 0.6) is 0 Å². The van der Waals surface area contributed by atoms with E-state index in [0.717, 1.165) is 22.4 Å². The van der Waals surface area contributed by atoms with Gasteiger partial charge >= 0.3 is 6.03 Å². The summed E-state index contributed by atoms with van der Waals surface area (Å²) >= 11 is 1.64. The van der Waals surface area contributed by atoms with Crippen molar-refractivity contribution in [1.82, 2.24) is 5.32 Å². The molecule has 3 amide bonds. The van der Waals surface area contributed by atoms with E-state index in [0.29, 0.717) is 0 Å². The number of quaternary nitrogens is 1. The summed E-state index contributed by atoms with van der Waals surface area (Å²) in [5, 5.41) is 6.25. The fraction of sp³-hybridized carbons (Fsp3) is 0.182. The number of carbonyl (C=O) groups is 2. The van der Waals surface area contributed by atoms with Crippen molar-refractivity contribution in [3.8, 4) is 0 Å². The molecule has 3 aromatic rings. The molecular weight excluding hydrogens is 370 g/mol. The number of carbonyl (C=O) groups excluding carboxylic acids is 2. The Balaban J connectivity index is 1.97. The lowest BCUT2D eigenvalue weighted by Crippen LogP contribution is -2.88. The maximum absolute atomic E-state index is 12.8. The van der Waals surface area contributed by atoms with E-state index < -0.39 is 18.0 Å². The number of benzene rings is 2. The first-order valence-electron chi connectivity index (χ1n) is 9.21. The third-order valence-corrected chi connectivity index (χ3v) is 5.62. The summed E-state index contributed by atoms with van der Waals surface area (Å²) in [6.45, 7) is 2.12. The normalized spacial score (nSPS) is 12.9. The van der Waals surface area contributed by atoms with Gasteiger partial charge in [0, 0.05) is 11.1 Å². The lowest BCUT2D eigenvalue weighted by atomic mass is 9.99. The molecule has 0 unspecified atom stereocenters. The van der Waals surface area contributed by atoms with Crippen LogP contribution < -0.4 is 16.4 Å². The maximum Gasteiger partial charge on any atom is 0.319 e. The number of nitrogens with two attached hydrogens (primary N) is 2. The van der Waals surface area contributed by atoms with Crippen LogP contribution in [0.2, 0.25) is 0 Å². The molecule has 3 rings (SSSR count). The van der Waals surface area contributed by atoms with E-state index in [4.69, 9.17) is 5.73 Å². The Morgan fingerprint density at radius 3 is 2.29 bits per heavy atom. The zero-order valence-corrected chi connectivity index (χ0v) is 16.5. The molecule has 144 valence electrons. The molecule has 28 heavy (non-hydrogen) atoms. The number of hydrogen-bond acceptors (Lipinski definition) is 3. The largest absolute Gasteiger partial charge is 0.351 e. The average Bonchev–Trinajstić information content (AvgIpc) is 3.23. The van der Waals surface area contributed by atoms with Gasteiger partial charge in [0.1, 0.15) is 6.04 Å². The molecule has 0 saturated heterocycles. The summed E-state index contributed by atoms with van der Waals surface area (Å²) in [7, 11) is 0. The monoisotopic (exact) mass is 394 g/mol.